The van der Waals surface area contributed by atoms with Gasteiger partial charge in [-0.25, -0.2) is 13.1 Å². The molecule has 0 spiro atoms. The van der Waals surface area contributed by atoms with E-state index in [-0.39, 0.29) is 11.4 Å². The molecule has 0 heterocycles. The molecule has 0 bridgehead atoms. The zero-order chi connectivity index (χ0) is 15.6. The van der Waals surface area contributed by atoms with Crippen molar-refractivity contribution in [2.45, 2.75) is 25.3 Å². The van der Waals surface area contributed by atoms with Gasteiger partial charge in [-0.2, -0.15) is 0 Å². The molecule has 0 saturated heterocycles. The Kier molecular flexibility index (Phi) is 4.70. The number of sulfonamides is 1. The smallest absolute Gasteiger partial charge is 0.241 e. The number of nitrogen functional groups attached to an aromatic ring is 1. The van der Waals surface area contributed by atoms with Gasteiger partial charge in [-0.1, -0.05) is 29.8 Å². The number of hydrogen-bond acceptors (Lipinski definition) is 3. The van der Waals surface area contributed by atoms with E-state index < -0.39 is 10.0 Å². The van der Waals surface area contributed by atoms with Gasteiger partial charge in [0, 0.05) is 16.7 Å². The highest BCUT2D eigenvalue weighted by molar-refractivity contribution is 9.10. The Balaban J connectivity index is 2.25. The molecule has 0 aliphatic carbocycles. The summed E-state index contributed by atoms with van der Waals surface area (Å²) in [4.78, 5) is 0.204. The Morgan fingerprint density at radius 2 is 1.90 bits per heavy atom. The van der Waals surface area contributed by atoms with Crippen molar-refractivity contribution in [2.75, 3.05) is 5.73 Å². The molecular weight excluding hydrogens is 352 g/mol. The minimum absolute atomic E-state index is 0.204. The van der Waals surface area contributed by atoms with E-state index in [4.69, 9.17) is 5.73 Å². The number of nitrogens with one attached hydrogen (secondary N) is 1. The third-order valence-corrected chi connectivity index (χ3v) is 5.36. The van der Waals surface area contributed by atoms with E-state index in [1.54, 1.807) is 13.0 Å². The molecule has 2 aromatic carbocycles. The minimum Gasteiger partial charge on any atom is -0.398 e. The van der Waals surface area contributed by atoms with Crippen LogP contribution in [0.4, 0.5) is 5.69 Å². The van der Waals surface area contributed by atoms with E-state index in [2.05, 4.69) is 20.7 Å². The summed E-state index contributed by atoms with van der Waals surface area (Å²) in [5.74, 6) is 0. The highest BCUT2D eigenvalue weighted by Gasteiger charge is 2.18. The Hall–Kier alpha value is -1.37. The van der Waals surface area contributed by atoms with E-state index in [0.29, 0.717) is 15.7 Å². The predicted molar refractivity (Wildman–Crippen MR) is 88.5 cm³/mol. The Morgan fingerprint density at radius 1 is 1.19 bits per heavy atom. The summed E-state index contributed by atoms with van der Waals surface area (Å²) in [6.45, 7) is 3.96. The zero-order valence-corrected chi connectivity index (χ0v) is 14.3. The van der Waals surface area contributed by atoms with Gasteiger partial charge in [0.1, 0.15) is 0 Å². The first-order valence-electron chi connectivity index (χ1n) is 6.40. The second kappa shape index (κ2) is 6.17. The quantitative estimate of drug-likeness (QED) is 0.814. The van der Waals surface area contributed by atoms with Gasteiger partial charge in [-0.15, -0.1) is 0 Å². The molecule has 0 aliphatic rings. The van der Waals surface area contributed by atoms with Gasteiger partial charge in [0.05, 0.1) is 4.90 Å². The van der Waals surface area contributed by atoms with Crippen molar-refractivity contribution in [1.29, 1.82) is 0 Å². The lowest BCUT2D eigenvalue weighted by molar-refractivity contribution is 0.580. The number of benzene rings is 2. The summed E-state index contributed by atoms with van der Waals surface area (Å²) in [5, 5.41) is 0. The van der Waals surface area contributed by atoms with Crippen LogP contribution < -0.4 is 10.5 Å². The molecule has 3 N–H and O–H groups in total. The van der Waals surface area contributed by atoms with Crippen LogP contribution in [0.5, 0.6) is 0 Å². The first-order chi connectivity index (χ1) is 9.79. The summed E-state index contributed by atoms with van der Waals surface area (Å²) < 4.78 is 28.1. The first kappa shape index (κ1) is 16.0. The fraction of sp³-hybridized carbons (Fsp3) is 0.200. The van der Waals surface area contributed by atoms with Gasteiger partial charge in [-0.05, 0) is 53.0 Å². The molecule has 0 radical (unpaired) electrons. The Morgan fingerprint density at radius 3 is 2.57 bits per heavy atom. The van der Waals surface area contributed by atoms with Crippen LogP contribution in [0.15, 0.2) is 45.8 Å². The lowest BCUT2D eigenvalue weighted by Crippen LogP contribution is -2.24. The molecule has 2 aromatic rings. The topological polar surface area (TPSA) is 72.2 Å². The summed E-state index contributed by atoms with van der Waals surface area (Å²) in [5.41, 5.74) is 8.83. The molecular formula is C15H17BrN2O2S. The van der Waals surface area contributed by atoms with E-state index in [1.807, 2.05) is 31.2 Å². The number of hydrogen-bond donors (Lipinski definition) is 2. The molecule has 4 nitrogen and oxygen atoms in total. The van der Waals surface area contributed by atoms with E-state index in [1.165, 1.54) is 6.07 Å². The van der Waals surface area contributed by atoms with Gasteiger partial charge < -0.3 is 5.73 Å². The summed E-state index contributed by atoms with van der Waals surface area (Å²) >= 11 is 3.29. The number of anilines is 1. The van der Waals surface area contributed by atoms with Crippen LogP contribution in [0, 0.1) is 13.8 Å². The molecule has 0 atom stereocenters. The van der Waals surface area contributed by atoms with Gasteiger partial charge >= 0.3 is 0 Å². The van der Waals surface area contributed by atoms with Gasteiger partial charge in [0.25, 0.3) is 0 Å². The SMILES string of the molecule is Cc1cccc(CNS(=O)(=O)c2cc(N)c(Br)cc2C)c1. The second-order valence-electron chi connectivity index (χ2n) is 4.95. The molecule has 112 valence electrons. The van der Waals surface area contributed by atoms with Crippen molar-refractivity contribution in [2.24, 2.45) is 0 Å². The Labute approximate surface area is 133 Å². The fourth-order valence-electron chi connectivity index (χ4n) is 2.04. The molecule has 0 fully saturated rings. The van der Waals surface area contributed by atoms with Crippen LogP contribution in [0.2, 0.25) is 0 Å². The summed E-state index contributed by atoms with van der Waals surface area (Å²) in [7, 11) is -3.59. The molecule has 6 heteroatoms. The number of aryl methyl sites for hydroxylation is 2. The molecule has 0 unspecified atom stereocenters. The normalized spacial score (nSPS) is 11.6. The lowest BCUT2D eigenvalue weighted by atomic mass is 10.1. The van der Waals surface area contributed by atoms with Crippen molar-refractivity contribution in [3.05, 3.63) is 57.6 Å². The molecule has 0 saturated carbocycles. The van der Waals surface area contributed by atoms with Crippen LogP contribution >= 0.6 is 15.9 Å². The number of nitrogens with two attached hydrogens (primary N) is 1. The molecule has 0 aromatic heterocycles. The highest BCUT2D eigenvalue weighted by atomic mass is 79.9. The Bertz CT molecular complexity index is 773. The maximum atomic E-state index is 12.4. The zero-order valence-electron chi connectivity index (χ0n) is 11.9. The van der Waals surface area contributed by atoms with Crippen molar-refractivity contribution in [3.63, 3.8) is 0 Å². The van der Waals surface area contributed by atoms with Gasteiger partial charge in [-0.3, -0.25) is 0 Å². The van der Waals surface area contributed by atoms with Crippen molar-refractivity contribution < 1.29 is 8.42 Å². The molecule has 21 heavy (non-hydrogen) atoms. The van der Waals surface area contributed by atoms with Crippen LogP contribution in [-0.4, -0.2) is 8.42 Å². The van der Waals surface area contributed by atoms with E-state index in [0.717, 1.165) is 11.1 Å². The van der Waals surface area contributed by atoms with Crippen LogP contribution in [0.25, 0.3) is 0 Å². The summed E-state index contributed by atoms with van der Waals surface area (Å²) in [6.07, 6.45) is 0. The van der Waals surface area contributed by atoms with Gasteiger partial charge in [0.15, 0.2) is 0 Å². The first-order valence-corrected chi connectivity index (χ1v) is 8.68. The second-order valence-corrected chi connectivity index (χ2v) is 7.54. The maximum absolute atomic E-state index is 12.4. The van der Waals surface area contributed by atoms with Crippen LogP contribution in [0.3, 0.4) is 0 Å². The molecule has 0 aliphatic heterocycles. The lowest BCUT2D eigenvalue weighted by Gasteiger charge is -2.11. The van der Waals surface area contributed by atoms with Gasteiger partial charge in [0.2, 0.25) is 10.0 Å². The van der Waals surface area contributed by atoms with E-state index >= 15 is 0 Å². The average molecular weight is 369 g/mol. The largest absolute Gasteiger partial charge is 0.398 e. The third-order valence-electron chi connectivity index (χ3n) is 3.13. The fourth-order valence-corrected chi connectivity index (χ4v) is 3.77. The standard InChI is InChI=1S/C15H17BrN2O2S/c1-10-4-3-5-12(6-10)9-18-21(19,20)15-8-14(17)13(16)7-11(15)2/h3-8,18H,9,17H2,1-2H3. The van der Waals surface area contributed by atoms with Crippen molar-refractivity contribution in [3.8, 4) is 0 Å². The van der Waals surface area contributed by atoms with E-state index in [9.17, 15) is 8.42 Å². The molecule has 0 amide bonds. The van der Waals surface area contributed by atoms with Crippen molar-refractivity contribution >= 4 is 31.6 Å². The predicted octanol–water partition coefficient (Wildman–Crippen LogP) is 3.13. The van der Waals surface area contributed by atoms with Crippen LogP contribution in [-0.2, 0) is 16.6 Å². The number of halogens is 1. The maximum Gasteiger partial charge on any atom is 0.241 e. The van der Waals surface area contributed by atoms with Crippen molar-refractivity contribution in [1.82, 2.24) is 4.72 Å². The molecule has 2 rings (SSSR count). The highest BCUT2D eigenvalue weighted by Crippen LogP contribution is 2.26. The van der Waals surface area contributed by atoms with Crippen LogP contribution in [0.1, 0.15) is 16.7 Å². The number of rotatable bonds is 4. The third kappa shape index (κ3) is 3.84. The average Bonchev–Trinajstić information content (AvgIpc) is 2.41. The minimum atomic E-state index is -3.59. The monoisotopic (exact) mass is 368 g/mol. The summed E-state index contributed by atoms with van der Waals surface area (Å²) in [6, 6.07) is 10.9.